The fraction of sp³-hybridized carbons (Fsp3) is 0.286. The summed E-state index contributed by atoms with van der Waals surface area (Å²) in [6.45, 7) is 7.33. The first-order chi connectivity index (χ1) is 13.0. The standard InChI is InChI=1S/C21H25N5O/c1-15(2)19-6-4-17(5-7-19)14-26-20(9-11-24-26)25-21(27)23-13-18-8-10-22-16(3)12-18/h4-12,15H,13-14H2,1-3H3,(H2,23,25,27). The van der Waals surface area contributed by atoms with Gasteiger partial charge in [0.25, 0.3) is 0 Å². The minimum atomic E-state index is -0.263. The van der Waals surface area contributed by atoms with Crippen LogP contribution in [-0.4, -0.2) is 20.8 Å². The average molecular weight is 363 g/mol. The molecule has 2 aromatic heterocycles. The number of nitrogens with zero attached hydrogens (tertiary/aromatic N) is 3. The minimum absolute atomic E-state index is 0.263. The quantitative estimate of drug-likeness (QED) is 0.693. The third-order valence-corrected chi connectivity index (χ3v) is 4.35. The maximum absolute atomic E-state index is 12.2. The van der Waals surface area contributed by atoms with Crippen LogP contribution < -0.4 is 10.6 Å². The van der Waals surface area contributed by atoms with Crippen LogP contribution >= 0.6 is 0 Å². The lowest BCUT2D eigenvalue weighted by Gasteiger charge is -2.11. The molecule has 0 saturated heterocycles. The second-order valence-corrected chi connectivity index (χ2v) is 6.88. The molecule has 27 heavy (non-hydrogen) atoms. The van der Waals surface area contributed by atoms with E-state index in [1.54, 1.807) is 23.1 Å². The Kier molecular flexibility index (Phi) is 5.86. The largest absolute Gasteiger partial charge is 0.334 e. The normalized spacial score (nSPS) is 10.8. The predicted molar refractivity (Wildman–Crippen MR) is 107 cm³/mol. The topological polar surface area (TPSA) is 71.8 Å². The molecule has 6 nitrogen and oxygen atoms in total. The number of aromatic nitrogens is 3. The molecule has 140 valence electrons. The number of urea groups is 1. The number of hydrogen-bond donors (Lipinski definition) is 2. The van der Waals surface area contributed by atoms with Gasteiger partial charge >= 0.3 is 6.03 Å². The molecule has 6 heteroatoms. The summed E-state index contributed by atoms with van der Waals surface area (Å²) >= 11 is 0. The van der Waals surface area contributed by atoms with Crippen LogP contribution in [-0.2, 0) is 13.1 Å². The number of rotatable bonds is 6. The number of pyridine rings is 1. The Morgan fingerprint density at radius 3 is 2.56 bits per heavy atom. The lowest BCUT2D eigenvalue weighted by atomic mass is 10.0. The highest BCUT2D eigenvalue weighted by molar-refractivity contribution is 5.88. The van der Waals surface area contributed by atoms with Crippen LogP contribution in [0, 0.1) is 6.92 Å². The van der Waals surface area contributed by atoms with Crippen molar-refractivity contribution in [2.75, 3.05) is 5.32 Å². The van der Waals surface area contributed by atoms with E-state index in [0.717, 1.165) is 16.8 Å². The number of nitrogens with one attached hydrogen (secondary N) is 2. The zero-order valence-electron chi connectivity index (χ0n) is 15.9. The first kappa shape index (κ1) is 18.6. The predicted octanol–water partition coefficient (Wildman–Crippen LogP) is 4.08. The Bertz CT molecular complexity index is 899. The summed E-state index contributed by atoms with van der Waals surface area (Å²) in [5.41, 5.74) is 4.38. The van der Waals surface area contributed by atoms with Crippen molar-refractivity contribution in [2.45, 2.75) is 39.8 Å². The van der Waals surface area contributed by atoms with E-state index in [4.69, 9.17) is 0 Å². The average Bonchev–Trinajstić information content (AvgIpc) is 3.07. The van der Waals surface area contributed by atoms with E-state index in [-0.39, 0.29) is 6.03 Å². The Hall–Kier alpha value is -3.15. The van der Waals surface area contributed by atoms with Crippen molar-refractivity contribution >= 4 is 11.8 Å². The van der Waals surface area contributed by atoms with Gasteiger partial charge in [-0.05, 0) is 41.7 Å². The van der Waals surface area contributed by atoms with E-state index in [2.05, 4.69) is 58.8 Å². The van der Waals surface area contributed by atoms with Gasteiger partial charge in [-0.1, -0.05) is 38.1 Å². The van der Waals surface area contributed by atoms with Crippen LogP contribution in [0.5, 0.6) is 0 Å². The van der Waals surface area contributed by atoms with Gasteiger partial charge in [-0.3, -0.25) is 10.3 Å². The van der Waals surface area contributed by atoms with Crippen LogP contribution in [0.25, 0.3) is 0 Å². The highest BCUT2D eigenvalue weighted by Crippen LogP contribution is 2.16. The molecule has 0 radical (unpaired) electrons. The van der Waals surface area contributed by atoms with Gasteiger partial charge in [0.2, 0.25) is 0 Å². The molecule has 0 spiro atoms. The van der Waals surface area contributed by atoms with Gasteiger partial charge in [-0.15, -0.1) is 0 Å². The molecule has 2 N–H and O–H groups in total. The Morgan fingerprint density at radius 2 is 1.85 bits per heavy atom. The second kappa shape index (κ2) is 8.49. The van der Waals surface area contributed by atoms with E-state index in [9.17, 15) is 4.79 Å². The van der Waals surface area contributed by atoms with Crippen molar-refractivity contribution in [3.05, 3.63) is 77.2 Å². The van der Waals surface area contributed by atoms with Gasteiger partial charge in [-0.2, -0.15) is 5.10 Å². The van der Waals surface area contributed by atoms with Crippen LogP contribution in [0.2, 0.25) is 0 Å². The molecule has 0 aliphatic rings. The molecule has 1 aromatic carbocycles. The Balaban J connectivity index is 1.58. The molecule has 0 saturated carbocycles. The molecule has 2 amide bonds. The number of hydrogen-bond acceptors (Lipinski definition) is 3. The number of carbonyl (C=O) groups excluding carboxylic acids is 1. The third-order valence-electron chi connectivity index (χ3n) is 4.35. The van der Waals surface area contributed by atoms with Gasteiger partial charge in [-0.25, -0.2) is 9.48 Å². The Labute approximate surface area is 159 Å². The first-order valence-electron chi connectivity index (χ1n) is 9.08. The zero-order valence-corrected chi connectivity index (χ0v) is 15.9. The van der Waals surface area contributed by atoms with Crippen molar-refractivity contribution < 1.29 is 4.79 Å². The minimum Gasteiger partial charge on any atom is -0.334 e. The molecular formula is C21H25N5O. The maximum Gasteiger partial charge on any atom is 0.320 e. The maximum atomic E-state index is 12.2. The molecule has 0 aliphatic carbocycles. The van der Waals surface area contributed by atoms with Crippen molar-refractivity contribution in [3.63, 3.8) is 0 Å². The summed E-state index contributed by atoms with van der Waals surface area (Å²) < 4.78 is 1.78. The SMILES string of the molecule is Cc1cc(CNC(=O)Nc2ccnn2Cc2ccc(C(C)C)cc2)ccn1. The molecule has 0 aliphatic heterocycles. The summed E-state index contributed by atoms with van der Waals surface area (Å²) in [7, 11) is 0. The molecule has 2 heterocycles. The molecule has 0 bridgehead atoms. The number of amides is 2. The van der Waals surface area contributed by atoms with Crippen molar-refractivity contribution in [1.82, 2.24) is 20.1 Å². The summed E-state index contributed by atoms with van der Waals surface area (Å²) in [5, 5.41) is 10.0. The van der Waals surface area contributed by atoms with E-state index >= 15 is 0 Å². The fourth-order valence-corrected chi connectivity index (χ4v) is 2.80. The molecule has 0 atom stereocenters. The fourth-order valence-electron chi connectivity index (χ4n) is 2.80. The van der Waals surface area contributed by atoms with Gasteiger partial charge in [0.05, 0.1) is 12.7 Å². The van der Waals surface area contributed by atoms with Gasteiger partial charge in [0.1, 0.15) is 5.82 Å². The van der Waals surface area contributed by atoms with Crippen molar-refractivity contribution in [2.24, 2.45) is 0 Å². The van der Waals surface area contributed by atoms with E-state index in [1.165, 1.54) is 5.56 Å². The smallest absolute Gasteiger partial charge is 0.320 e. The van der Waals surface area contributed by atoms with Crippen LogP contribution in [0.4, 0.5) is 10.6 Å². The number of anilines is 1. The van der Waals surface area contributed by atoms with Crippen LogP contribution in [0.3, 0.4) is 0 Å². The molecular weight excluding hydrogens is 338 g/mol. The van der Waals surface area contributed by atoms with Gasteiger partial charge in [0.15, 0.2) is 0 Å². The van der Waals surface area contributed by atoms with Crippen molar-refractivity contribution in [1.29, 1.82) is 0 Å². The zero-order chi connectivity index (χ0) is 19.2. The lowest BCUT2D eigenvalue weighted by Crippen LogP contribution is -2.29. The second-order valence-electron chi connectivity index (χ2n) is 6.88. The van der Waals surface area contributed by atoms with E-state index in [1.807, 2.05) is 19.1 Å². The monoisotopic (exact) mass is 363 g/mol. The highest BCUT2D eigenvalue weighted by Gasteiger charge is 2.08. The summed E-state index contributed by atoms with van der Waals surface area (Å²) in [5.74, 6) is 1.17. The van der Waals surface area contributed by atoms with Gasteiger partial charge in [0, 0.05) is 24.5 Å². The molecule has 0 unspecified atom stereocenters. The molecule has 3 rings (SSSR count). The highest BCUT2D eigenvalue weighted by atomic mass is 16.2. The number of benzene rings is 1. The lowest BCUT2D eigenvalue weighted by molar-refractivity contribution is 0.251. The summed E-state index contributed by atoms with van der Waals surface area (Å²) in [4.78, 5) is 16.4. The van der Waals surface area contributed by atoms with Crippen LogP contribution in [0.1, 0.15) is 42.1 Å². The summed E-state index contributed by atoms with van der Waals surface area (Å²) in [6, 6.07) is 13.9. The third kappa shape index (κ3) is 5.17. The number of aryl methyl sites for hydroxylation is 1. The number of carbonyl (C=O) groups is 1. The molecule has 3 aromatic rings. The van der Waals surface area contributed by atoms with E-state index in [0.29, 0.717) is 24.8 Å². The van der Waals surface area contributed by atoms with Crippen LogP contribution in [0.15, 0.2) is 54.9 Å². The summed E-state index contributed by atoms with van der Waals surface area (Å²) in [6.07, 6.45) is 3.42. The van der Waals surface area contributed by atoms with Gasteiger partial charge < -0.3 is 5.32 Å². The first-order valence-corrected chi connectivity index (χ1v) is 9.08. The van der Waals surface area contributed by atoms with Crippen molar-refractivity contribution in [3.8, 4) is 0 Å². The van der Waals surface area contributed by atoms with E-state index < -0.39 is 0 Å². The molecule has 0 fully saturated rings. The Morgan fingerprint density at radius 1 is 1.07 bits per heavy atom.